The molecule has 5 rings (SSSR count). The van der Waals surface area contributed by atoms with E-state index in [-0.39, 0.29) is 5.91 Å². The van der Waals surface area contributed by atoms with Crippen LogP contribution in [0, 0.1) is 6.92 Å². The fourth-order valence-electron chi connectivity index (χ4n) is 3.09. The van der Waals surface area contributed by atoms with Crippen molar-refractivity contribution in [1.29, 1.82) is 0 Å². The first-order valence-corrected chi connectivity index (χ1v) is 10.1. The van der Waals surface area contributed by atoms with Crippen molar-refractivity contribution in [3.05, 3.63) is 70.8 Å². The molecule has 4 aromatic heterocycles. The Kier molecular flexibility index (Phi) is 3.77. The van der Waals surface area contributed by atoms with E-state index in [1.165, 1.54) is 11.3 Å². The highest BCUT2D eigenvalue weighted by atomic mass is 32.1. The second kappa shape index (κ2) is 6.29. The lowest BCUT2D eigenvalue weighted by Crippen LogP contribution is -2.14. The number of pyridine rings is 1. The molecule has 0 atom stereocenters. The molecule has 0 aliphatic heterocycles. The molecule has 1 aromatic carbocycles. The van der Waals surface area contributed by atoms with E-state index in [2.05, 4.69) is 15.3 Å². The highest BCUT2D eigenvalue weighted by Crippen LogP contribution is 2.28. The summed E-state index contributed by atoms with van der Waals surface area (Å²) in [7, 11) is 0. The number of carbonyl (C=O) groups is 1. The van der Waals surface area contributed by atoms with Crippen LogP contribution >= 0.6 is 22.7 Å². The predicted molar refractivity (Wildman–Crippen MR) is 111 cm³/mol. The van der Waals surface area contributed by atoms with Crippen molar-refractivity contribution in [2.75, 3.05) is 5.32 Å². The van der Waals surface area contributed by atoms with Gasteiger partial charge in [-0.25, -0.2) is 4.98 Å². The zero-order chi connectivity index (χ0) is 18.4. The number of para-hydroxylation sites is 1. The van der Waals surface area contributed by atoms with Gasteiger partial charge in [0.25, 0.3) is 5.91 Å². The van der Waals surface area contributed by atoms with Crippen LogP contribution < -0.4 is 5.32 Å². The Labute approximate surface area is 163 Å². The summed E-state index contributed by atoms with van der Waals surface area (Å²) >= 11 is 3.10. The molecular formula is C20H14N4OS2. The van der Waals surface area contributed by atoms with E-state index in [4.69, 9.17) is 0 Å². The molecule has 5 nitrogen and oxygen atoms in total. The van der Waals surface area contributed by atoms with E-state index < -0.39 is 0 Å². The molecule has 0 aliphatic carbocycles. The van der Waals surface area contributed by atoms with Crippen LogP contribution in [0.25, 0.3) is 26.4 Å². The summed E-state index contributed by atoms with van der Waals surface area (Å²) in [6.07, 6.45) is 1.92. The molecule has 132 valence electrons. The number of carbonyl (C=O) groups excluding carboxylic acids is 1. The summed E-state index contributed by atoms with van der Waals surface area (Å²) in [5.41, 5.74) is 3.95. The maximum atomic E-state index is 13.0. The Hall–Kier alpha value is -3.03. The number of aryl methyl sites for hydroxylation is 1. The van der Waals surface area contributed by atoms with Crippen LogP contribution in [0.15, 0.2) is 59.4 Å². The lowest BCUT2D eigenvalue weighted by molar-refractivity contribution is 0.102. The maximum absolute atomic E-state index is 13.0. The normalized spacial score (nSPS) is 11.3. The molecule has 1 amide bonds. The van der Waals surface area contributed by atoms with Crippen LogP contribution in [-0.2, 0) is 0 Å². The van der Waals surface area contributed by atoms with Crippen molar-refractivity contribution < 1.29 is 4.79 Å². The minimum Gasteiger partial charge on any atom is -0.320 e. The largest absolute Gasteiger partial charge is 0.320 e. The van der Waals surface area contributed by atoms with Gasteiger partial charge in [-0.3, -0.25) is 14.2 Å². The van der Waals surface area contributed by atoms with Gasteiger partial charge in [0.05, 0.1) is 16.1 Å². The van der Waals surface area contributed by atoms with E-state index in [9.17, 15) is 4.79 Å². The van der Waals surface area contributed by atoms with Gasteiger partial charge < -0.3 is 5.32 Å². The molecule has 0 spiro atoms. The number of amides is 1. The number of fused-ring (bicyclic) bond motifs is 2. The molecule has 1 N–H and O–H groups in total. The number of aromatic nitrogens is 3. The third kappa shape index (κ3) is 2.81. The molecule has 0 unspecified atom stereocenters. The first kappa shape index (κ1) is 16.2. The molecule has 4 heterocycles. The van der Waals surface area contributed by atoms with E-state index in [1.54, 1.807) is 11.3 Å². The van der Waals surface area contributed by atoms with Gasteiger partial charge >= 0.3 is 0 Å². The number of benzene rings is 1. The number of hydrogen-bond acceptors (Lipinski definition) is 5. The highest BCUT2D eigenvalue weighted by Gasteiger charge is 2.17. The fraction of sp³-hybridized carbons (Fsp3) is 0.0500. The lowest BCUT2D eigenvalue weighted by Gasteiger charge is -2.09. The minimum absolute atomic E-state index is 0.160. The topological polar surface area (TPSA) is 59.3 Å². The number of nitrogens with one attached hydrogen (secondary N) is 1. The van der Waals surface area contributed by atoms with Gasteiger partial charge in [0, 0.05) is 22.7 Å². The fourth-order valence-corrected chi connectivity index (χ4v) is 4.62. The third-order valence-electron chi connectivity index (χ3n) is 4.31. The molecular weight excluding hydrogens is 376 g/mol. The zero-order valence-electron chi connectivity index (χ0n) is 14.3. The Balaban J connectivity index is 1.53. The van der Waals surface area contributed by atoms with Crippen molar-refractivity contribution in [2.45, 2.75) is 6.92 Å². The van der Waals surface area contributed by atoms with Gasteiger partial charge in [0.15, 0.2) is 4.96 Å². The monoisotopic (exact) mass is 390 g/mol. The Morgan fingerprint density at radius 1 is 1.11 bits per heavy atom. The summed E-state index contributed by atoms with van der Waals surface area (Å²) in [6, 6.07) is 13.7. The smallest absolute Gasteiger partial charge is 0.273 e. The van der Waals surface area contributed by atoms with Crippen LogP contribution in [0.5, 0.6) is 0 Å². The third-order valence-corrected chi connectivity index (χ3v) is 6.04. The first-order chi connectivity index (χ1) is 13.2. The molecule has 0 aliphatic rings. The van der Waals surface area contributed by atoms with Gasteiger partial charge in [-0.1, -0.05) is 24.3 Å². The maximum Gasteiger partial charge on any atom is 0.273 e. The summed E-state index contributed by atoms with van der Waals surface area (Å²) in [5, 5.41) is 7.83. The minimum atomic E-state index is -0.160. The van der Waals surface area contributed by atoms with E-state index >= 15 is 0 Å². The quantitative estimate of drug-likeness (QED) is 0.459. The summed E-state index contributed by atoms with van der Waals surface area (Å²) < 4.78 is 1.85. The number of thiazole rings is 1. The number of hydrogen-bond donors (Lipinski definition) is 1. The Morgan fingerprint density at radius 3 is 2.85 bits per heavy atom. The Morgan fingerprint density at radius 2 is 2.00 bits per heavy atom. The van der Waals surface area contributed by atoms with Gasteiger partial charge in [0.1, 0.15) is 11.4 Å². The zero-order valence-corrected chi connectivity index (χ0v) is 16.0. The lowest BCUT2D eigenvalue weighted by atomic mass is 10.1. The standard InChI is InChI=1S/C20H14N4OS2/c1-12-9-15(13-5-2-3-6-14(13)21-12)22-19(25)17-11-27-20-23-16(10-24(17)20)18-7-4-8-26-18/h2-11H,1H3,(H,21,22,25). The van der Waals surface area contributed by atoms with E-state index in [1.807, 2.05) is 70.7 Å². The van der Waals surface area contributed by atoms with Crippen molar-refractivity contribution >= 4 is 50.1 Å². The first-order valence-electron chi connectivity index (χ1n) is 8.37. The summed E-state index contributed by atoms with van der Waals surface area (Å²) in [6.45, 7) is 1.92. The molecule has 27 heavy (non-hydrogen) atoms. The molecule has 0 bridgehead atoms. The molecule has 0 fully saturated rings. The molecule has 0 saturated carbocycles. The molecule has 5 aromatic rings. The predicted octanol–water partition coefficient (Wildman–Crippen LogP) is 5.23. The van der Waals surface area contributed by atoms with Gasteiger partial charge in [-0.2, -0.15) is 0 Å². The Bertz CT molecular complexity index is 1280. The van der Waals surface area contributed by atoms with E-state index in [0.717, 1.165) is 37.8 Å². The van der Waals surface area contributed by atoms with Crippen LogP contribution in [0.1, 0.15) is 16.2 Å². The second-order valence-corrected chi connectivity index (χ2v) is 7.94. The number of nitrogens with zero attached hydrogens (tertiary/aromatic N) is 3. The van der Waals surface area contributed by atoms with Crippen molar-refractivity contribution in [3.8, 4) is 10.6 Å². The molecule has 0 radical (unpaired) electrons. The van der Waals surface area contributed by atoms with Crippen molar-refractivity contribution in [2.24, 2.45) is 0 Å². The van der Waals surface area contributed by atoms with Crippen LogP contribution in [-0.4, -0.2) is 20.3 Å². The SMILES string of the molecule is Cc1cc(NC(=O)c2csc3nc(-c4cccs4)cn23)c2ccccc2n1. The average molecular weight is 390 g/mol. The second-order valence-electron chi connectivity index (χ2n) is 6.16. The van der Waals surface area contributed by atoms with E-state index in [0.29, 0.717) is 5.69 Å². The average Bonchev–Trinajstić information content (AvgIpc) is 3.37. The number of rotatable bonds is 3. The van der Waals surface area contributed by atoms with Gasteiger partial charge in [-0.05, 0) is 30.5 Å². The van der Waals surface area contributed by atoms with Gasteiger partial charge in [0.2, 0.25) is 0 Å². The van der Waals surface area contributed by atoms with Crippen LogP contribution in [0.3, 0.4) is 0 Å². The van der Waals surface area contributed by atoms with Crippen molar-refractivity contribution in [1.82, 2.24) is 14.4 Å². The highest BCUT2D eigenvalue weighted by molar-refractivity contribution is 7.15. The number of thiophene rings is 1. The molecule has 7 heteroatoms. The van der Waals surface area contributed by atoms with Crippen LogP contribution in [0.2, 0.25) is 0 Å². The van der Waals surface area contributed by atoms with Crippen LogP contribution in [0.4, 0.5) is 5.69 Å². The van der Waals surface area contributed by atoms with Crippen molar-refractivity contribution in [3.63, 3.8) is 0 Å². The summed E-state index contributed by atoms with van der Waals surface area (Å²) in [4.78, 5) is 24.0. The van der Waals surface area contributed by atoms with Gasteiger partial charge in [-0.15, -0.1) is 22.7 Å². The molecule has 0 saturated heterocycles. The number of imidazole rings is 1. The summed E-state index contributed by atoms with van der Waals surface area (Å²) in [5.74, 6) is -0.160. The number of anilines is 1.